The number of likely N-dealkylation sites (tertiary alicyclic amines) is 1. The first-order chi connectivity index (χ1) is 9.20. The molecule has 1 aliphatic rings. The molecule has 7 heteroatoms. The van der Waals surface area contributed by atoms with Crippen molar-refractivity contribution in [1.29, 1.82) is 0 Å². The number of rotatable bonds is 2. The predicted octanol–water partition coefficient (Wildman–Crippen LogP) is 1.02. The molecule has 1 fully saturated rings. The van der Waals surface area contributed by atoms with Gasteiger partial charge in [0.2, 0.25) is 0 Å². The van der Waals surface area contributed by atoms with Crippen LogP contribution in [0.4, 0.5) is 0 Å². The molecule has 2 N–H and O–H groups in total. The molecule has 2 aromatic rings. The zero-order valence-corrected chi connectivity index (χ0v) is 12.1. The zero-order valence-electron chi connectivity index (χ0n) is 11.3. The van der Waals surface area contributed by atoms with Gasteiger partial charge in [0.25, 0.3) is 5.91 Å². The molecule has 1 amide bonds. The lowest BCUT2D eigenvalue weighted by Gasteiger charge is -2.22. The molecule has 6 nitrogen and oxygen atoms in total. The van der Waals surface area contributed by atoms with Gasteiger partial charge >= 0.3 is 0 Å². The fourth-order valence-electron chi connectivity index (χ4n) is 2.61. The quantitative estimate of drug-likeness (QED) is 0.897. The Kier molecular flexibility index (Phi) is 4.25. The zero-order chi connectivity index (χ0) is 13.4. The molecule has 20 heavy (non-hydrogen) atoms. The van der Waals surface area contributed by atoms with Gasteiger partial charge in [0.15, 0.2) is 5.65 Å². The number of carbonyl (C=O) groups excluding carboxylic acids is 1. The Labute approximate surface area is 123 Å². The standard InChI is InChI=1S/C13H17N5O.ClH/c1-9-4-6-18-12(16-9)11(8-15-18)13(19)17-5-2-3-10(17)7-14;/h4,6,8,10H,2-3,5,7,14H2,1H3;1H. The average Bonchev–Trinajstić information content (AvgIpc) is 3.03. The maximum absolute atomic E-state index is 12.6. The number of aryl methyl sites for hydroxylation is 1. The van der Waals surface area contributed by atoms with Gasteiger partial charge in [-0.1, -0.05) is 0 Å². The first-order valence-corrected chi connectivity index (χ1v) is 6.52. The highest BCUT2D eigenvalue weighted by Crippen LogP contribution is 2.20. The maximum atomic E-state index is 12.6. The topological polar surface area (TPSA) is 76.5 Å². The second-order valence-electron chi connectivity index (χ2n) is 4.93. The van der Waals surface area contributed by atoms with Crippen LogP contribution in [0.3, 0.4) is 0 Å². The summed E-state index contributed by atoms with van der Waals surface area (Å²) in [6, 6.07) is 2.01. The SMILES string of the molecule is Cc1ccn2ncc(C(=O)N3CCCC3CN)c2n1.Cl. The monoisotopic (exact) mass is 295 g/mol. The third-order valence-electron chi connectivity index (χ3n) is 3.65. The van der Waals surface area contributed by atoms with Gasteiger partial charge in [-0.25, -0.2) is 9.50 Å². The molecular weight excluding hydrogens is 278 g/mol. The highest BCUT2D eigenvalue weighted by Gasteiger charge is 2.30. The highest BCUT2D eigenvalue weighted by molar-refractivity contribution is 6.00. The number of nitrogens with zero attached hydrogens (tertiary/aromatic N) is 4. The van der Waals surface area contributed by atoms with Gasteiger partial charge in [-0.05, 0) is 25.8 Å². The fourth-order valence-corrected chi connectivity index (χ4v) is 2.61. The Hall–Kier alpha value is -1.66. The lowest BCUT2D eigenvalue weighted by atomic mass is 10.2. The Balaban J connectivity index is 0.00000147. The lowest BCUT2D eigenvalue weighted by molar-refractivity contribution is 0.0743. The summed E-state index contributed by atoms with van der Waals surface area (Å²) in [5, 5.41) is 4.18. The van der Waals surface area contributed by atoms with Crippen molar-refractivity contribution in [3.05, 3.63) is 29.7 Å². The summed E-state index contributed by atoms with van der Waals surface area (Å²) >= 11 is 0. The first-order valence-electron chi connectivity index (χ1n) is 6.52. The minimum Gasteiger partial charge on any atom is -0.334 e. The number of hydrogen-bond acceptors (Lipinski definition) is 4. The van der Waals surface area contributed by atoms with Crippen LogP contribution in [0.1, 0.15) is 28.9 Å². The molecule has 0 radical (unpaired) electrons. The van der Waals surface area contributed by atoms with Gasteiger partial charge in [-0.3, -0.25) is 4.79 Å². The molecule has 3 heterocycles. The summed E-state index contributed by atoms with van der Waals surface area (Å²) in [4.78, 5) is 18.8. The Bertz CT molecular complexity index is 626. The van der Waals surface area contributed by atoms with Crippen LogP contribution in [0.2, 0.25) is 0 Å². The number of hydrogen-bond donors (Lipinski definition) is 1. The molecule has 1 atom stereocenters. The van der Waals surface area contributed by atoms with Crippen LogP contribution >= 0.6 is 12.4 Å². The van der Waals surface area contributed by atoms with Gasteiger partial charge < -0.3 is 10.6 Å². The molecule has 0 bridgehead atoms. The van der Waals surface area contributed by atoms with Crippen LogP contribution in [-0.4, -0.2) is 44.5 Å². The van der Waals surface area contributed by atoms with E-state index >= 15 is 0 Å². The van der Waals surface area contributed by atoms with Crippen molar-refractivity contribution in [1.82, 2.24) is 19.5 Å². The van der Waals surface area contributed by atoms with Crippen LogP contribution < -0.4 is 5.73 Å². The molecule has 0 aliphatic carbocycles. The number of fused-ring (bicyclic) bond motifs is 1. The first kappa shape index (κ1) is 14.7. The summed E-state index contributed by atoms with van der Waals surface area (Å²) in [6.07, 6.45) is 5.40. The van der Waals surface area contributed by atoms with Gasteiger partial charge in [0.05, 0.1) is 6.20 Å². The number of nitrogens with two attached hydrogens (primary N) is 1. The largest absolute Gasteiger partial charge is 0.334 e. The van der Waals surface area contributed by atoms with Crippen LogP contribution in [0, 0.1) is 6.92 Å². The molecule has 0 spiro atoms. The van der Waals surface area contributed by atoms with Crippen LogP contribution in [0.5, 0.6) is 0 Å². The van der Waals surface area contributed by atoms with Gasteiger partial charge in [0, 0.05) is 31.0 Å². The number of carbonyl (C=O) groups is 1. The van der Waals surface area contributed by atoms with Gasteiger partial charge in [-0.15, -0.1) is 12.4 Å². The van der Waals surface area contributed by atoms with Crippen molar-refractivity contribution in [2.24, 2.45) is 5.73 Å². The lowest BCUT2D eigenvalue weighted by Crippen LogP contribution is -2.39. The van der Waals surface area contributed by atoms with Crippen LogP contribution in [0.25, 0.3) is 5.65 Å². The third kappa shape index (κ3) is 2.36. The highest BCUT2D eigenvalue weighted by atomic mass is 35.5. The molecule has 0 saturated carbocycles. The number of halogens is 1. The van der Waals surface area contributed by atoms with E-state index in [1.54, 1.807) is 10.7 Å². The minimum atomic E-state index is -0.0129. The summed E-state index contributed by atoms with van der Waals surface area (Å²) < 4.78 is 1.63. The second-order valence-corrected chi connectivity index (χ2v) is 4.93. The van der Waals surface area contributed by atoms with Crippen molar-refractivity contribution in [3.63, 3.8) is 0 Å². The van der Waals surface area contributed by atoms with E-state index in [1.165, 1.54) is 0 Å². The molecule has 1 aliphatic heterocycles. The van der Waals surface area contributed by atoms with E-state index in [1.807, 2.05) is 24.1 Å². The van der Waals surface area contributed by atoms with Crippen molar-refractivity contribution < 1.29 is 4.79 Å². The summed E-state index contributed by atoms with van der Waals surface area (Å²) in [7, 11) is 0. The smallest absolute Gasteiger partial charge is 0.259 e. The maximum Gasteiger partial charge on any atom is 0.259 e. The Morgan fingerprint density at radius 2 is 2.35 bits per heavy atom. The van der Waals surface area contributed by atoms with E-state index < -0.39 is 0 Å². The molecule has 1 unspecified atom stereocenters. The van der Waals surface area contributed by atoms with E-state index in [0.717, 1.165) is 25.1 Å². The van der Waals surface area contributed by atoms with Crippen LogP contribution in [0.15, 0.2) is 18.5 Å². The van der Waals surface area contributed by atoms with Crippen molar-refractivity contribution in [2.45, 2.75) is 25.8 Å². The Morgan fingerprint density at radius 1 is 1.55 bits per heavy atom. The van der Waals surface area contributed by atoms with Gasteiger partial charge in [-0.2, -0.15) is 5.10 Å². The fraction of sp³-hybridized carbons (Fsp3) is 0.462. The number of aromatic nitrogens is 3. The second kappa shape index (κ2) is 5.76. The minimum absolute atomic E-state index is 0. The number of amides is 1. The van der Waals surface area contributed by atoms with Crippen molar-refractivity contribution in [3.8, 4) is 0 Å². The normalized spacial score (nSPS) is 18.3. The molecule has 3 rings (SSSR count). The molecular formula is C13H18ClN5O. The van der Waals surface area contributed by atoms with Crippen molar-refractivity contribution >= 4 is 24.0 Å². The van der Waals surface area contributed by atoms with E-state index in [4.69, 9.17) is 5.73 Å². The molecule has 2 aromatic heterocycles. The molecule has 108 valence electrons. The summed E-state index contributed by atoms with van der Waals surface area (Å²) in [6.45, 7) is 3.18. The summed E-state index contributed by atoms with van der Waals surface area (Å²) in [5.41, 5.74) is 7.77. The summed E-state index contributed by atoms with van der Waals surface area (Å²) in [5.74, 6) is -0.0129. The van der Waals surface area contributed by atoms with E-state index in [0.29, 0.717) is 17.8 Å². The molecule has 0 aromatic carbocycles. The van der Waals surface area contributed by atoms with E-state index in [-0.39, 0.29) is 24.4 Å². The van der Waals surface area contributed by atoms with Crippen molar-refractivity contribution in [2.75, 3.05) is 13.1 Å². The third-order valence-corrected chi connectivity index (χ3v) is 3.65. The average molecular weight is 296 g/mol. The molecule has 1 saturated heterocycles. The Morgan fingerprint density at radius 3 is 3.10 bits per heavy atom. The van der Waals surface area contributed by atoms with E-state index in [2.05, 4.69) is 10.1 Å². The van der Waals surface area contributed by atoms with E-state index in [9.17, 15) is 4.79 Å². The predicted molar refractivity (Wildman–Crippen MR) is 78.1 cm³/mol. The van der Waals surface area contributed by atoms with Gasteiger partial charge in [0.1, 0.15) is 5.56 Å². The van der Waals surface area contributed by atoms with Crippen LogP contribution in [-0.2, 0) is 0 Å².